The summed E-state index contributed by atoms with van der Waals surface area (Å²) in [6.45, 7) is 6.26. The highest BCUT2D eigenvalue weighted by atomic mass is 32.2. The summed E-state index contributed by atoms with van der Waals surface area (Å²) in [5.74, 6) is -0.146. The van der Waals surface area contributed by atoms with E-state index in [1.165, 1.54) is 10.6 Å². The number of hydrogen-bond donors (Lipinski definition) is 1. The van der Waals surface area contributed by atoms with Crippen LogP contribution in [0.1, 0.15) is 48.2 Å². The summed E-state index contributed by atoms with van der Waals surface area (Å²) < 4.78 is 26.0. The molecule has 2 aromatic carbocycles. The van der Waals surface area contributed by atoms with Crippen LogP contribution in [0.2, 0.25) is 0 Å². The number of anilines is 1. The van der Waals surface area contributed by atoms with Crippen LogP contribution in [-0.2, 0) is 16.6 Å². The summed E-state index contributed by atoms with van der Waals surface area (Å²) >= 11 is 0. The van der Waals surface area contributed by atoms with Crippen LogP contribution >= 0.6 is 0 Å². The predicted octanol–water partition coefficient (Wildman–Crippen LogP) is 3.88. The van der Waals surface area contributed by atoms with Crippen LogP contribution in [0.5, 0.6) is 0 Å². The van der Waals surface area contributed by atoms with Crippen molar-refractivity contribution in [3.8, 4) is 0 Å². The predicted molar refractivity (Wildman–Crippen MR) is 110 cm³/mol. The smallest absolute Gasteiger partial charge is 0.251 e. The zero-order valence-electron chi connectivity index (χ0n) is 16.4. The molecule has 146 valence electrons. The number of carbonyl (C=O) groups is 1. The van der Waals surface area contributed by atoms with Crippen molar-refractivity contribution >= 4 is 21.6 Å². The van der Waals surface area contributed by atoms with E-state index in [-0.39, 0.29) is 18.5 Å². The standard InChI is InChI=1S/C21H28N2O3S/c1-5-8-17(3)22-21(24)18-11-13-20(14-12-18)23(27(4,25)26)15-19-10-7-6-9-16(19)2/h6-7,9-14,17H,5,8,15H2,1-4H3,(H,22,24). The van der Waals surface area contributed by atoms with Crippen molar-refractivity contribution in [3.63, 3.8) is 0 Å². The maximum Gasteiger partial charge on any atom is 0.251 e. The molecule has 1 atom stereocenters. The molecule has 2 rings (SSSR count). The number of nitrogens with one attached hydrogen (secondary N) is 1. The average molecular weight is 389 g/mol. The van der Waals surface area contributed by atoms with E-state index >= 15 is 0 Å². The van der Waals surface area contributed by atoms with Gasteiger partial charge in [0, 0.05) is 11.6 Å². The summed E-state index contributed by atoms with van der Waals surface area (Å²) in [6.07, 6.45) is 3.11. The van der Waals surface area contributed by atoms with Gasteiger partial charge in [-0.05, 0) is 55.7 Å². The van der Waals surface area contributed by atoms with Gasteiger partial charge in [0.25, 0.3) is 5.91 Å². The molecule has 1 unspecified atom stereocenters. The molecular formula is C21H28N2O3S. The van der Waals surface area contributed by atoms with Crippen LogP contribution in [-0.4, -0.2) is 26.6 Å². The van der Waals surface area contributed by atoms with Crippen molar-refractivity contribution < 1.29 is 13.2 Å². The Labute approximate surface area is 162 Å². The lowest BCUT2D eigenvalue weighted by atomic mass is 10.1. The molecule has 0 fully saturated rings. The highest BCUT2D eigenvalue weighted by molar-refractivity contribution is 7.92. The third kappa shape index (κ3) is 5.82. The first kappa shape index (κ1) is 21.0. The number of rotatable bonds is 8. The molecule has 2 aromatic rings. The summed E-state index contributed by atoms with van der Waals surface area (Å²) in [5.41, 5.74) is 3.04. The Morgan fingerprint density at radius 2 is 1.74 bits per heavy atom. The van der Waals surface area contributed by atoms with Gasteiger partial charge in [0.1, 0.15) is 0 Å². The third-order valence-electron chi connectivity index (χ3n) is 4.49. The Hall–Kier alpha value is -2.34. The molecule has 0 aliphatic rings. The fourth-order valence-electron chi connectivity index (χ4n) is 2.93. The molecule has 0 bridgehead atoms. The van der Waals surface area contributed by atoms with Gasteiger partial charge in [0.05, 0.1) is 18.5 Å². The molecule has 0 spiro atoms. The summed E-state index contributed by atoms with van der Waals surface area (Å²) in [5, 5.41) is 2.95. The van der Waals surface area contributed by atoms with Crippen molar-refractivity contribution in [2.75, 3.05) is 10.6 Å². The molecule has 0 aliphatic carbocycles. The maximum atomic E-state index is 12.3. The minimum absolute atomic E-state index is 0.107. The van der Waals surface area contributed by atoms with Gasteiger partial charge in [-0.2, -0.15) is 0 Å². The second-order valence-corrected chi connectivity index (χ2v) is 8.81. The number of aryl methyl sites for hydroxylation is 1. The Bertz CT molecular complexity index is 877. The van der Waals surface area contributed by atoms with Crippen molar-refractivity contribution in [3.05, 3.63) is 65.2 Å². The largest absolute Gasteiger partial charge is 0.350 e. The van der Waals surface area contributed by atoms with Crippen molar-refractivity contribution in [1.29, 1.82) is 0 Å². The van der Waals surface area contributed by atoms with E-state index in [1.807, 2.05) is 38.1 Å². The molecule has 0 saturated heterocycles. The van der Waals surface area contributed by atoms with Gasteiger partial charge in [-0.1, -0.05) is 37.6 Å². The van der Waals surface area contributed by atoms with Crippen LogP contribution in [0.4, 0.5) is 5.69 Å². The number of amides is 1. The molecule has 0 aromatic heterocycles. The first-order chi connectivity index (χ1) is 12.7. The Kier molecular flexibility index (Phi) is 7.02. The molecule has 0 saturated carbocycles. The second kappa shape index (κ2) is 9.04. The van der Waals surface area contributed by atoms with E-state index in [2.05, 4.69) is 12.2 Å². The second-order valence-electron chi connectivity index (χ2n) is 6.91. The molecule has 0 radical (unpaired) electrons. The zero-order chi connectivity index (χ0) is 20.0. The first-order valence-electron chi connectivity index (χ1n) is 9.15. The molecule has 1 N–H and O–H groups in total. The van der Waals surface area contributed by atoms with Gasteiger partial charge < -0.3 is 5.32 Å². The lowest BCUT2D eigenvalue weighted by molar-refractivity contribution is 0.0938. The zero-order valence-corrected chi connectivity index (χ0v) is 17.2. The molecular weight excluding hydrogens is 360 g/mol. The van der Waals surface area contributed by atoms with Crippen LogP contribution in [0.3, 0.4) is 0 Å². The van der Waals surface area contributed by atoms with Gasteiger partial charge in [-0.3, -0.25) is 9.10 Å². The number of sulfonamides is 1. The van der Waals surface area contributed by atoms with Crippen molar-refractivity contribution in [1.82, 2.24) is 5.32 Å². The fraction of sp³-hybridized carbons (Fsp3) is 0.381. The number of hydrogen-bond acceptors (Lipinski definition) is 3. The van der Waals surface area contributed by atoms with Gasteiger partial charge in [0.2, 0.25) is 10.0 Å². The molecule has 6 heteroatoms. The van der Waals surface area contributed by atoms with E-state index in [1.54, 1.807) is 24.3 Å². The van der Waals surface area contributed by atoms with E-state index in [9.17, 15) is 13.2 Å². The molecule has 27 heavy (non-hydrogen) atoms. The Morgan fingerprint density at radius 1 is 1.11 bits per heavy atom. The minimum Gasteiger partial charge on any atom is -0.350 e. The summed E-state index contributed by atoms with van der Waals surface area (Å²) in [6, 6.07) is 14.5. The van der Waals surface area contributed by atoms with Crippen LogP contribution in [0.25, 0.3) is 0 Å². The highest BCUT2D eigenvalue weighted by Crippen LogP contribution is 2.22. The van der Waals surface area contributed by atoms with E-state index in [0.717, 1.165) is 24.0 Å². The SMILES string of the molecule is CCCC(C)NC(=O)c1ccc(N(Cc2ccccc2C)S(C)(=O)=O)cc1. The van der Waals surface area contributed by atoms with Crippen LogP contribution in [0, 0.1) is 6.92 Å². The van der Waals surface area contributed by atoms with Gasteiger partial charge in [-0.25, -0.2) is 8.42 Å². The fourth-order valence-corrected chi connectivity index (χ4v) is 3.81. The lowest BCUT2D eigenvalue weighted by Crippen LogP contribution is -2.32. The monoisotopic (exact) mass is 388 g/mol. The number of benzene rings is 2. The van der Waals surface area contributed by atoms with Gasteiger partial charge in [-0.15, -0.1) is 0 Å². The first-order valence-corrected chi connectivity index (χ1v) is 11.0. The van der Waals surface area contributed by atoms with Crippen LogP contribution in [0.15, 0.2) is 48.5 Å². The molecule has 0 heterocycles. The average Bonchev–Trinajstić information content (AvgIpc) is 2.60. The van der Waals surface area contributed by atoms with E-state index in [4.69, 9.17) is 0 Å². The van der Waals surface area contributed by atoms with E-state index < -0.39 is 10.0 Å². The lowest BCUT2D eigenvalue weighted by Gasteiger charge is -2.23. The topological polar surface area (TPSA) is 66.5 Å². The van der Waals surface area contributed by atoms with E-state index in [0.29, 0.717) is 11.3 Å². The molecule has 0 aliphatic heterocycles. The van der Waals surface area contributed by atoms with Gasteiger partial charge >= 0.3 is 0 Å². The number of nitrogens with zero attached hydrogens (tertiary/aromatic N) is 1. The Balaban J connectivity index is 2.23. The molecule has 5 nitrogen and oxygen atoms in total. The van der Waals surface area contributed by atoms with Crippen LogP contribution < -0.4 is 9.62 Å². The molecule has 1 amide bonds. The highest BCUT2D eigenvalue weighted by Gasteiger charge is 2.19. The quantitative estimate of drug-likeness (QED) is 0.746. The van der Waals surface area contributed by atoms with Gasteiger partial charge in [0.15, 0.2) is 0 Å². The van der Waals surface area contributed by atoms with Crippen molar-refractivity contribution in [2.45, 2.75) is 46.2 Å². The summed E-state index contributed by atoms with van der Waals surface area (Å²) in [7, 11) is -3.46. The normalized spacial score (nSPS) is 12.4. The Morgan fingerprint density at radius 3 is 2.30 bits per heavy atom. The third-order valence-corrected chi connectivity index (χ3v) is 5.63. The van der Waals surface area contributed by atoms with Crippen molar-refractivity contribution in [2.24, 2.45) is 0 Å². The summed E-state index contributed by atoms with van der Waals surface area (Å²) in [4.78, 5) is 12.3. The number of carbonyl (C=O) groups excluding carboxylic acids is 1. The minimum atomic E-state index is -3.46. The maximum absolute atomic E-state index is 12.3.